The van der Waals surface area contributed by atoms with Crippen LogP contribution in [-0.4, -0.2) is 17.8 Å². The summed E-state index contributed by atoms with van der Waals surface area (Å²) in [7, 11) is 0. The van der Waals surface area contributed by atoms with Gasteiger partial charge in [-0.3, -0.25) is 0 Å². The number of benzene rings is 1. The lowest BCUT2D eigenvalue weighted by Crippen LogP contribution is -2.13. The summed E-state index contributed by atoms with van der Waals surface area (Å²) in [6.45, 7) is 0. The van der Waals surface area contributed by atoms with Gasteiger partial charge < -0.3 is 4.79 Å². The predicted molar refractivity (Wildman–Crippen MR) is 60.6 cm³/mol. The minimum Gasteiger partial charge on any atom is -0.303 e. The Labute approximate surface area is 93.1 Å². The van der Waals surface area contributed by atoms with Gasteiger partial charge in [0.2, 0.25) is 0 Å². The molecular formula is C12H13FOS. The second kappa shape index (κ2) is 4.79. The first-order chi connectivity index (χ1) is 7.31. The maximum absolute atomic E-state index is 12.7. The number of hydrogen-bond donors (Lipinski definition) is 0. The molecule has 3 heteroatoms. The number of halogens is 1. The van der Waals surface area contributed by atoms with E-state index >= 15 is 0 Å². The first kappa shape index (κ1) is 10.7. The lowest BCUT2D eigenvalue weighted by atomic mass is 9.87. The van der Waals surface area contributed by atoms with Crippen LogP contribution in [-0.2, 0) is 4.79 Å². The Bertz CT molecular complexity index is 330. The molecule has 1 saturated heterocycles. The number of rotatable bonds is 3. The minimum absolute atomic E-state index is 0.0550. The van der Waals surface area contributed by atoms with Crippen LogP contribution in [0.25, 0.3) is 0 Å². The normalized spacial score (nSPS) is 22.6. The molecular weight excluding hydrogens is 211 g/mol. The van der Waals surface area contributed by atoms with Crippen molar-refractivity contribution in [2.75, 3.05) is 11.5 Å². The van der Waals surface area contributed by atoms with Crippen molar-refractivity contribution in [2.24, 2.45) is 5.92 Å². The second-order valence-electron chi connectivity index (χ2n) is 3.84. The Morgan fingerprint density at radius 1 is 1.40 bits per heavy atom. The molecule has 0 aliphatic carbocycles. The number of carbonyl (C=O) groups is 1. The van der Waals surface area contributed by atoms with Crippen molar-refractivity contribution in [2.45, 2.75) is 12.3 Å². The summed E-state index contributed by atoms with van der Waals surface area (Å²) in [4.78, 5) is 11.1. The summed E-state index contributed by atoms with van der Waals surface area (Å²) in [5.74, 6) is 2.31. The number of hydrogen-bond acceptors (Lipinski definition) is 2. The van der Waals surface area contributed by atoms with Gasteiger partial charge in [-0.1, -0.05) is 12.1 Å². The molecule has 1 heterocycles. The van der Waals surface area contributed by atoms with Crippen LogP contribution in [0.2, 0.25) is 0 Å². The molecule has 0 aromatic heterocycles. The van der Waals surface area contributed by atoms with Crippen molar-refractivity contribution in [3.63, 3.8) is 0 Å². The Morgan fingerprint density at radius 3 is 2.67 bits per heavy atom. The molecule has 1 nitrogen and oxygen atoms in total. The van der Waals surface area contributed by atoms with Gasteiger partial charge in [0.05, 0.1) is 0 Å². The fourth-order valence-electron chi connectivity index (χ4n) is 1.98. The summed E-state index contributed by atoms with van der Waals surface area (Å²) in [5.41, 5.74) is 0.943. The molecule has 0 N–H and O–H groups in total. The van der Waals surface area contributed by atoms with E-state index < -0.39 is 0 Å². The van der Waals surface area contributed by atoms with Gasteiger partial charge in [0.15, 0.2) is 0 Å². The lowest BCUT2D eigenvalue weighted by Gasteiger charge is -2.16. The molecule has 1 aliphatic heterocycles. The van der Waals surface area contributed by atoms with Gasteiger partial charge in [0, 0.05) is 5.92 Å². The molecule has 2 atom stereocenters. The summed E-state index contributed by atoms with van der Waals surface area (Å²) >= 11 is 1.89. The standard InChI is InChI=1S/C12H13FOS/c13-11-3-1-9(2-4-11)12(7-14)10-5-6-15-8-10/h1-4,7,10,12H,5-6,8H2. The molecule has 0 amide bonds. The Balaban J connectivity index is 2.18. The summed E-state index contributed by atoms with van der Waals surface area (Å²) in [6, 6.07) is 6.29. The van der Waals surface area contributed by atoms with Crippen LogP contribution in [0.1, 0.15) is 17.9 Å². The van der Waals surface area contributed by atoms with Crippen LogP contribution >= 0.6 is 11.8 Å². The molecule has 2 unspecified atom stereocenters. The molecule has 1 fully saturated rings. The van der Waals surface area contributed by atoms with Crippen molar-refractivity contribution < 1.29 is 9.18 Å². The van der Waals surface area contributed by atoms with Crippen LogP contribution in [0.15, 0.2) is 24.3 Å². The quantitative estimate of drug-likeness (QED) is 0.734. The largest absolute Gasteiger partial charge is 0.303 e. The van der Waals surface area contributed by atoms with Crippen molar-refractivity contribution in [3.05, 3.63) is 35.6 Å². The predicted octanol–water partition coefficient (Wildman–Crippen LogP) is 2.86. The lowest BCUT2D eigenvalue weighted by molar-refractivity contribution is -0.109. The summed E-state index contributed by atoms with van der Waals surface area (Å²) < 4.78 is 12.7. The van der Waals surface area contributed by atoms with Gasteiger partial charge in [-0.15, -0.1) is 0 Å². The number of aldehydes is 1. The summed E-state index contributed by atoms with van der Waals surface area (Å²) in [5, 5.41) is 0. The van der Waals surface area contributed by atoms with Gasteiger partial charge >= 0.3 is 0 Å². The SMILES string of the molecule is O=CC(c1ccc(F)cc1)C1CCSC1. The van der Waals surface area contributed by atoms with Gasteiger partial charge in [-0.25, -0.2) is 4.39 Å². The van der Waals surface area contributed by atoms with Crippen LogP contribution in [0.4, 0.5) is 4.39 Å². The molecule has 1 aromatic carbocycles. The number of thioether (sulfide) groups is 1. The van der Waals surface area contributed by atoms with Crippen LogP contribution in [0, 0.1) is 11.7 Å². The highest BCUT2D eigenvalue weighted by Crippen LogP contribution is 2.34. The molecule has 0 saturated carbocycles. The van der Waals surface area contributed by atoms with E-state index in [1.807, 2.05) is 11.8 Å². The molecule has 80 valence electrons. The van der Waals surface area contributed by atoms with Gasteiger partial charge in [0.25, 0.3) is 0 Å². The first-order valence-electron chi connectivity index (χ1n) is 5.10. The maximum Gasteiger partial charge on any atom is 0.127 e. The van der Waals surface area contributed by atoms with Crippen LogP contribution < -0.4 is 0 Å². The van der Waals surface area contributed by atoms with Gasteiger partial charge in [-0.2, -0.15) is 11.8 Å². The fourth-order valence-corrected chi connectivity index (χ4v) is 3.30. The third kappa shape index (κ3) is 2.40. The average Bonchev–Trinajstić information content (AvgIpc) is 2.75. The van der Waals surface area contributed by atoms with Crippen molar-refractivity contribution in [1.82, 2.24) is 0 Å². The van der Waals surface area contributed by atoms with E-state index in [0.717, 1.165) is 29.8 Å². The van der Waals surface area contributed by atoms with Crippen LogP contribution in [0.3, 0.4) is 0 Å². The zero-order valence-electron chi connectivity index (χ0n) is 8.36. The third-order valence-corrected chi connectivity index (χ3v) is 4.06. The van der Waals surface area contributed by atoms with Crippen molar-refractivity contribution in [3.8, 4) is 0 Å². The second-order valence-corrected chi connectivity index (χ2v) is 4.99. The van der Waals surface area contributed by atoms with E-state index in [2.05, 4.69) is 0 Å². The molecule has 0 spiro atoms. The minimum atomic E-state index is -0.246. The third-order valence-electron chi connectivity index (χ3n) is 2.87. The monoisotopic (exact) mass is 224 g/mol. The van der Waals surface area contributed by atoms with E-state index in [-0.39, 0.29) is 11.7 Å². The Morgan fingerprint density at radius 2 is 2.13 bits per heavy atom. The summed E-state index contributed by atoms with van der Waals surface area (Å²) in [6.07, 6.45) is 2.09. The van der Waals surface area contributed by atoms with Gasteiger partial charge in [0.1, 0.15) is 12.1 Å². The van der Waals surface area contributed by atoms with Crippen molar-refractivity contribution in [1.29, 1.82) is 0 Å². The zero-order chi connectivity index (χ0) is 10.7. The Kier molecular flexibility index (Phi) is 3.41. The average molecular weight is 224 g/mol. The van der Waals surface area contributed by atoms with E-state index in [1.165, 1.54) is 12.1 Å². The van der Waals surface area contributed by atoms with Gasteiger partial charge in [-0.05, 0) is 41.5 Å². The van der Waals surface area contributed by atoms with E-state index in [4.69, 9.17) is 0 Å². The van der Waals surface area contributed by atoms with E-state index in [9.17, 15) is 9.18 Å². The first-order valence-corrected chi connectivity index (χ1v) is 6.25. The fraction of sp³-hybridized carbons (Fsp3) is 0.417. The smallest absolute Gasteiger partial charge is 0.127 e. The molecule has 2 rings (SSSR count). The highest BCUT2D eigenvalue weighted by molar-refractivity contribution is 7.99. The van der Waals surface area contributed by atoms with E-state index in [1.54, 1.807) is 12.1 Å². The topological polar surface area (TPSA) is 17.1 Å². The number of carbonyl (C=O) groups excluding carboxylic acids is 1. The highest BCUT2D eigenvalue weighted by atomic mass is 32.2. The maximum atomic E-state index is 12.7. The highest BCUT2D eigenvalue weighted by Gasteiger charge is 2.26. The Hall–Kier alpha value is -0.830. The molecule has 1 aliphatic rings. The molecule has 0 bridgehead atoms. The molecule has 1 aromatic rings. The molecule has 15 heavy (non-hydrogen) atoms. The van der Waals surface area contributed by atoms with Crippen molar-refractivity contribution >= 4 is 18.0 Å². The van der Waals surface area contributed by atoms with E-state index in [0.29, 0.717) is 5.92 Å². The molecule has 0 radical (unpaired) electrons. The zero-order valence-corrected chi connectivity index (χ0v) is 9.17. The van der Waals surface area contributed by atoms with Crippen LogP contribution in [0.5, 0.6) is 0 Å².